The number of piperidine rings is 3. The number of aromatic hydroxyl groups is 2. The number of nitrogens with one attached hydrogen (secondary N) is 3. The lowest BCUT2D eigenvalue weighted by atomic mass is 9.94. The maximum absolute atomic E-state index is 12.9. The Morgan fingerprint density at radius 1 is 0.490 bits per heavy atom. The number of nitrogens with zero attached hydrogens (tertiary/aromatic N) is 3. The summed E-state index contributed by atoms with van der Waals surface area (Å²) in [6, 6.07) is 13.5. The van der Waals surface area contributed by atoms with Gasteiger partial charge in [-0.05, 0) is 116 Å². The van der Waals surface area contributed by atoms with E-state index < -0.39 is 132 Å². The van der Waals surface area contributed by atoms with Crippen LogP contribution in [0.15, 0.2) is 72.8 Å². The second-order valence-electron chi connectivity index (χ2n) is 24.9. The number of ether oxygens (including phenoxy) is 5. The van der Waals surface area contributed by atoms with Crippen molar-refractivity contribution in [1.82, 2.24) is 30.7 Å². The summed E-state index contributed by atoms with van der Waals surface area (Å²) in [5.74, 6) is -11.6. The van der Waals surface area contributed by atoms with Gasteiger partial charge < -0.3 is 44.7 Å². The number of esters is 4. The quantitative estimate of drug-likeness (QED) is 0.0393. The molecule has 1 aliphatic carbocycles. The first-order valence-electron chi connectivity index (χ1n) is 30.9. The summed E-state index contributed by atoms with van der Waals surface area (Å²) in [6.07, 6.45) is 1.39. The highest BCUT2D eigenvalue weighted by Gasteiger charge is 2.49. The van der Waals surface area contributed by atoms with E-state index in [1.807, 2.05) is 20.8 Å². The number of carboxylic acid groups (broad SMARTS) is 1. The molecule has 8 N–H and O–H groups in total. The first kappa shape index (κ1) is 77.6. The molecule has 4 aromatic carbocycles. The van der Waals surface area contributed by atoms with Crippen LogP contribution in [-0.4, -0.2) is 196 Å². The zero-order valence-corrected chi connectivity index (χ0v) is 56.7. The smallest absolute Gasteiger partial charge is 0.350 e. The first-order valence-corrected chi connectivity index (χ1v) is 32.0. The second kappa shape index (κ2) is 32.5. The lowest BCUT2D eigenvalue weighted by Crippen LogP contribution is -2.54. The van der Waals surface area contributed by atoms with Crippen molar-refractivity contribution in [3.8, 4) is 23.0 Å². The van der Waals surface area contributed by atoms with Crippen LogP contribution < -0.4 is 31.2 Å². The van der Waals surface area contributed by atoms with Gasteiger partial charge in [0.2, 0.25) is 35.4 Å². The van der Waals surface area contributed by atoms with Crippen LogP contribution in [0, 0.1) is 0 Å². The Morgan fingerprint density at radius 2 is 0.863 bits per heavy atom. The van der Waals surface area contributed by atoms with Crippen LogP contribution >= 0.6 is 15.9 Å². The van der Waals surface area contributed by atoms with Gasteiger partial charge in [-0.3, -0.25) is 103 Å². The fraction of sp³-hybridized carbons (Fsp3) is 0.358. The summed E-state index contributed by atoms with van der Waals surface area (Å²) in [7, 11) is 0. The van der Waals surface area contributed by atoms with Crippen molar-refractivity contribution in [3.05, 3.63) is 117 Å². The number of cyclic esters (lactones) is 2. The molecule has 0 bridgehead atoms. The van der Waals surface area contributed by atoms with Crippen molar-refractivity contribution in [2.75, 3.05) is 18.5 Å². The van der Waals surface area contributed by atoms with Crippen LogP contribution in [0.3, 0.4) is 0 Å². The Kier molecular flexibility index (Phi) is 24.7. The Morgan fingerprint density at radius 3 is 1.22 bits per heavy atom. The Bertz CT molecular complexity index is 4250. The van der Waals surface area contributed by atoms with Crippen molar-refractivity contribution >= 4 is 128 Å². The van der Waals surface area contributed by atoms with Gasteiger partial charge in [0.15, 0.2) is 19.0 Å². The number of ketones is 2. The predicted octanol–water partition coefficient (Wildman–Crippen LogP) is 2.21. The molecule has 12 amide bonds. The number of carboxylic acids is 1. The highest BCUT2D eigenvalue weighted by Crippen LogP contribution is 2.37. The molecule has 3 saturated heterocycles. The maximum atomic E-state index is 12.9. The molecule has 0 aromatic heterocycles. The summed E-state index contributed by atoms with van der Waals surface area (Å²) in [4.78, 5) is 223. The third-order valence-electron chi connectivity index (χ3n) is 15.1. The number of fused-ring (bicyclic) bond motifs is 4. The molecule has 538 valence electrons. The molecular formula is C67H66BrN7O27. The maximum Gasteiger partial charge on any atom is 0.350 e. The van der Waals surface area contributed by atoms with Gasteiger partial charge >= 0.3 is 29.8 Å². The van der Waals surface area contributed by atoms with E-state index >= 15 is 0 Å². The third-order valence-corrected chi connectivity index (χ3v) is 15.6. The van der Waals surface area contributed by atoms with Crippen molar-refractivity contribution in [1.29, 1.82) is 0 Å². The number of carbonyl (C=O) groups is 19. The molecule has 8 aliphatic rings. The molecule has 12 rings (SSSR count). The van der Waals surface area contributed by atoms with Crippen molar-refractivity contribution < 1.29 is 130 Å². The minimum absolute atomic E-state index is 0.0132. The number of rotatable bonds is 10. The molecule has 7 aliphatic heterocycles. The number of phenols is 2. The lowest BCUT2D eigenvalue weighted by molar-refractivity contribution is -0.157. The van der Waals surface area contributed by atoms with E-state index in [9.17, 15) is 96.2 Å². The normalized spacial score (nSPS) is 19.5. The minimum Gasteiger partial charge on any atom is -0.507 e. The minimum atomic E-state index is -1.23. The number of carbonyl (C=O) groups excluding carboxylic acids is 18. The number of benzene rings is 4. The van der Waals surface area contributed by atoms with Gasteiger partial charge in [0.05, 0.1) is 51.4 Å². The van der Waals surface area contributed by atoms with Crippen LogP contribution in [0.25, 0.3) is 0 Å². The van der Waals surface area contributed by atoms with E-state index in [2.05, 4.69) is 36.6 Å². The summed E-state index contributed by atoms with van der Waals surface area (Å²) in [6.45, 7) is 9.56. The number of halogens is 1. The van der Waals surface area contributed by atoms with E-state index in [1.165, 1.54) is 72.8 Å². The number of hydrogen-bond acceptors (Lipinski definition) is 27. The summed E-state index contributed by atoms with van der Waals surface area (Å²) >= 11 is 2.99. The van der Waals surface area contributed by atoms with Crippen molar-refractivity contribution in [2.24, 2.45) is 5.73 Å². The van der Waals surface area contributed by atoms with E-state index in [-0.39, 0.29) is 147 Å². The van der Waals surface area contributed by atoms with Crippen LogP contribution in [-0.2, 0) is 67.0 Å². The van der Waals surface area contributed by atoms with Gasteiger partial charge in [-0.15, -0.1) is 0 Å². The Hall–Kier alpha value is -11.8. The molecular weight excluding hydrogens is 1410 g/mol. The number of phenolic OH excluding ortho intramolecular Hbond substituents is 2. The number of imide groups is 6. The van der Waals surface area contributed by atoms with E-state index in [4.69, 9.17) is 34.9 Å². The predicted molar refractivity (Wildman–Crippen MR) is 345 cm³/mol. The van der Waals surface area contributed by atoms with E-state index in [0.29, 0.717) is 12.8 Å². The Balaban J connectivity index is 0.000000180. The third kappa shape index (κ3) is 18.6. The first-order chi connectivity index (χ1) is 47.8. The number of Topliss-reactive ketones (excluding diaryl/α,β-unsaturated/α-hetero) is 2. The standard InChI is InChI=1S/C19H20N2O7.C15H12N2O7.C13H10N2O5.C8H4O4.C6H11BrO2.C6H9NO2/c1-19(2,3)28-14(23)9-27-12-6-4-5-10-15(12)18(26)21(17(10)25)11-7-8-13(22)20-16(11)24;18-10-5-4-8(13(21)16-10)17-14(22)7-2-1-3-9(12(7)15(17)23)24-6-11(19)20;16-8-3-1-2-6-10(8)13(20)15(12(6)19)7-4-5-9(17)14-11(7)18;9-5-3-1-2-4-6(5)8(11)12-7(4)10;1-6(2,3)9-5(8)4-7;7-5-2-1-4(8)3-6(5)9/h4-6,11H,7-9H2,1-3H3,(H,20,22,24);1-3,8H,4-6H2,(H,19,20)(H,16,18,21);1-3,7,16H,4-5H2,(H,14,17,18);1-3,9H;4H2,1-3H3;5H,1-3,7H2. The molecule has 1 saturated carbocycles. The van der Waals surface area contributed by atoms with Gasteiger partial charge in [-0.1, -0.05) is 40.2 Å². The second-order valence-corrected chi connectivity index (χ2v) is 25.4. The highest BCUT2D eigenvalue weighted by molar-refractivity contribution is 9.09. The molecule has 35 heteroatoms. The Labute approximate surface area is 585 Å². The van der Waals surface area contributed by atoms with E-state index in [0.717, 1.165) is 14.7 Å². The molecule has 0 spiro atoms. The largest absolute Gasteiger partial charge is 0.507 e. The van der Waals surface area contributed by atoms with Gasteiger partial charge in [0, 0.05) is 25.7 Å². The number of hydrogen-bond donors (Lipinski definition) is 7. The number of nitrogens with two attached hydrogens (primary N) is 1. The summed E-state index contributed by atoms with van der Waals surface area (Å²) in [5, 5.41) is 34.1. The summed E-state index contributed by atoms with van der Waals surface area (Å²) < 4.78 is 24.8. The van der Waals surface area contributed by atoms with Gasteiger partial charge in [0.1, 0.15) is 69.0 Å². The van der Waals surface area contributed by atoms with Gasteiger partial charge in [-0.2, -0.15) is 0 Å². The fourth-order valence-corrected chi connectivity index (χ4v) is 10.8. The van der Waals surface area contributed by atoms with Crippen molar-refractivity contribution in [2.45, 2.75) is 135 Å². The average Bonchev–Trinajstić information content (AvgIpc) is 1.62. The topological polar surface area (TPSA) is 503 Å². The molecule has 4 aromatic rings. The zero-order valence-electron chi connectivity index (χ0n) is 55.2. The van der Waals surface area contributed by atoms with Gasteiger partial charge in [-0.25, -0.2) is 19.2 Å². The number of alkyl halides is 1. The molecule has 7 heterocycles. The average molecular weight is 1480 g/mol. The van der Waals surface area contributed by atoms with Gasteiger partial charge in [0.25, 0.3) is 35.4 Å². The van der Waals surface area contributed by atoms with Crippen molar-refractivity contribution in [3.63, 3.8) is 0 Å². The molecule has 34 nitrogen and oxygen atoms in total. The van der Waals surface area contributed by atoms with Crippen LogP contribution in [0.5, 0.6) is 23.0 Å². The molecule has 4 atom stereocenters. The molecule has 0 radical (unpaired) electrons. The zero-order chi connectivity index (χ0) is 75.6. The monoisotopic (exact) mass is 1480 g/mol. The fourth-order valence-electron chi connectivity index (χ4n) is 10.7. The highest BCUT2D eigenvalue weighted by atomic mass is 79.9. The SMILES string of the molecule is CC(C)(C)OC(=O)CBr.CC(C)(C)OC(=O)COc1cccc2c1C(=O)N(C1CCC(=O)NC1=O)C2=O.NC1CCC(=O)CC1=O.O=C(O)COc1cccc2c1C(=O)N(C1CCC(=O)NC1=O)C2=O.O=C1CCC(N2C(=O)c3cccc(O)c3C2=O)C(=O)N1.O=C1OC(=O)c2c(O)cccc21. The van der Waals surface area contributed by atoms with Crippen LogP contribution in [0.1, 0.15) is 182 Å². The van der Waals surface area contributed by atoms with E-state index in [1.54, 1.807) is 20.8 Å². The summed E-state index contributed by atoms with van der Waals surface area (Å²) in [5.41, 5.74) is 4.38. The van der Waals surface area contributed by atoms with Crippen LogP contribution in [0.2, 0.25) is 0 Å². The molecule has 4 unspecified atom stereocenters. The molecule has 102 heavy (non-hydrogen) atoms. The lowest BCUT2D eigenvalue weighted by Gasteiger charge is -2.27. The number of amides is 12. The van der Waals surface area contributed by atoms with Crippen LogP contribution in [0.4, 0.5) is 0 Å². The number of aliphatic carboxylic acids is 1. The molecule has 4 fully saturated rings.